The number of unbranched alkanes of at least 4 members (excludes halogenated alkanes) is 1. The zero-order valence-corrected chi connectivity index (χ0v) is 9.57. The zero-order valence-electron chi connectivity index (χ0n) is 7.78. The molecule has 0 aliphatic rings. The molecule has 0 fully saturated rings. The fourth-order valence-electron chi connectivity index (χ4n) is 1.13. The third kappa shape index (κ3) is 10.1. The van der Waals surface area contributed by atoms with Crippen molar-refractivity contribution in [3.8, 4) is 0 Å². The number of hydrogen-bond acceptors (Lipinski definition) is 3. The highest BCUT2D eigenvalue weighted by atomic mass is 32.1. The molecule has 0 saturated carbocycles. The van der Waals surface area contributed by atoms with Crippen molar-refractivity contribution >= 4 is 31.2 Å². The van der Waals surface area contributed by atoms with Crippen molar-refractivity contribution in [2.24, 2.45) is 0 Å². The van der Waals surface area contributed by atoms with E-state index in [9.17, 15) is 4.79 Å². The lowest BCUT2D eigenvalue weighted by Crippen LogP contribution is -2.00. The van der Waals surface area contributed by atoms with Crippen LogP contribution in [0.3, 0.4) is 0 Å². The lowest BCUT2D eigenvalue weighted by atomic mass is 10.1. The van der Waals surface area contributed by atoms with Crippen LogP contribution in [0.4, 0.5) is 0 Å². The third-order valence-electron chi connectivity index (χ3n) is 1.87. The SMILES string of the molecule is O=C(O)CCCCC(S)CCCS. The Morgan fingerprint density at radius 3 is 2.38 bits per heavy atom. The molecule has 0 bridgehead atoms. The summed E-state index contributed by atoms with van der Waals surface area (Å²) in [5.41, 5.74) is 0. The summed E-state index contributed by atoms with van der Waals surface area (Å²) in [4.78, 5) is 10.2. The number of aliphatic carboxylic acids is 1. The Labute approximate surface area is 90.9 Å². The van der Waals surface area contributed by atoms with Crippen LogP contribution in [0.2, 0.25) is 0 Å². The maximum absolute atomic E-state index is 10.2. The van der Waals surface area contributed by atoms with Crippen molar-refractivity contribution < 1.29 is 9.90 Å². The lowest BCUT2D eigenvalue weighted by molar-refractivity contribution is -0.137. The van der Waals surface area contributed by atoms with E-state index >= 15 is 0 Å². The molecule has 0 amide bonds. The monoisotopic (exact) mass is 222 g/mol. The highest BCUT2D eigenvalue weighted by Crippen LogP contribution is 2.14. The van der Waals surface area contributed by atoms with E-state index in [0.717, 1.165) is 37.9 Å². The summed E-state index contributed by atoms with van der Waals surface area (Å²) in [5.74, 6) is 0.206. The van der Waals surface area contributed by atoms with E-state index in [0.29, 0.717) is 5.25 Å². The van der Waals surface area contributed by atoms with Crippen molar-refractivity contribution in [1.82, 2.24) is 0 Å². The van der Waals surface area contributed by atoms with Crippen molar-refractivity contribution in [3.63, 3.8) is 0 Å². The molecule has 4 heteroatoms. The van der Waals surface area contributed by atoms with Gasteiger partial charge in [-0.3, -0.25) is 4.79 Å². The maximum atomic E-state index is 10.2. The van der Waals surface area contributed by atoms with E-state index in [1.807, 2.05) is 0 Å². The average molecular weight is 222 g/mol. The molecule has 13 heavy (non-hydrogen) atoms. The smallest absolute Gasteiger partial charge is 0.303 e. The van der Waals surface area contributed by atoms with Crippen LogP contribution in [0.15, 0.2) is 0 Å². The van der Waals surface area contributed by atoms with Gasteiger partial charge in [0.05, 0.1) is 0 Å². The number of thiol groups is 2. The fraction of sp³-hybridized carbons (Fsp3) is 0.889. The Bertz CT molecular complexity index is 140. The predicted molar refractivity (Wildman–Crippen MR) is 62.0 cm³/mol. The minimum absolute atomic E-state index is 0.285. The molecule has 1 atom stereocenters. The lowest BCUT2D eigenvalue weighted by Gasteiger charge is -2.08. The second kappa shape index (κ2) is 8.75. The van der Waals surface area contributed by atoms with Crippen LogP contribution in [-0.4, -0.2) is 22.1 Å². The second-order valence-electron chi connectivity index (χ2n) is 3.16. The van der Waals surface area contributed by atoms with Crippen LogP contribution < -0.4 is 0 Å². The van der Waals surface area contributed by atoms with Gasteiger partial charge in [-0.05, 0) is 31.4 Å². The van der Waals surface area contributed by atoms with Crippen molar-refractivity contribution in [1.29, 1.82) is 0 Å². The summed E-state index contributed by atoms with van der Waals surface area (Å²) < 4.78 is 0. The molecule has 0 aromatic carbocycles. The molecule has 0 radical (unpaired) electrons. The van der Waals surface area contributed by atoms with E-state index in [1.165, 1.54) is 0 Å². The van der Waals surface area contributed by atoms with Crippen molar-refractivity contribution in [3.05, 3.63) is 0 Å². The average Bonchev–Trinajstić information content (AvgIpc) is 2.08. The van der Waals surface area contributed by atoms with Gasteiger partial charge in [-0.1, -0.05) is 6.42 Å². The van der Waals surface area contributed by atoms with Crippen LogP contribution in [0.1, 0.15) is 38.5 Å². The van der Waals surface area contributed by atoms with Gasteiger partial charge in [0.2, 0.25) is 0 Å². The molecule has 0 aliphatic carbocycles. The molecule has 78 valence electrons. The molecule has 0 aliphatic heterocycles. The summed E-state index contributed by atoms with van der Waals surface area (Å²) in [6, 6.07) is 0. The first-order valence-corrected chi connectivity index (χ1v) is 5.82. The van der Waals surface area contributed by atoms with Gasteiger partial charge in [0.25, 0.3) is 0 Å². The normalized spacial score (nSPS) is 12.8. The quantitative estimate of drug-likeness (QED) is 0.436. The summed E-state index contributed by atoms with van der Waals surface area (Å²) >= 11 is 8.53. The van der Waals surface area contributed by atoms with Gasteiger partial charge in [-0.25, -0.2) is 0 Å². The number of carboxylic acid groups (broad SMARTS) is 1. The van der Waals surface area contributed by atoms with Gasteiger partial charge < -0.3 is 5.11 Å². The van der Waals surface area contributed by atoms with Gasteiger partial charge in [-0.2, -0.15) is 25.3 Å². The van der Waals surface area contributed by atoms with Crippen LogP contribution >= 0.6 is 25.3 Å². The van der Waals surface area contributed by atoms with Crippen LogP contribution in [0.5, 0.6) is 0 Å². The first kappa shape index (κ1) is 13.2. The topological polar surface area (TPSA) is 37.3 Å². The number of hydrogen-bond donors (Lipinski definition) is 3. The second-order valence-corrected chi connectivity index (χ2v) is 4.34. The molecule has 0 aromatic heterocycles. The Morgan fingerprint density at radius 1 is 1.23 bits per heavy atom. The van der Waals surface area contributed by atoms with Gasteiger partial charge in [-0.15, -0.1) is 0 Å². The Morgan fingerprint density at radius 2 is 1.85 bits per heavy atom. The molecule has 2 nitrogen and oxygen atoms in total. The first-order valence-electron chi connectivity index (χ1n) is 4.67. The maximum Gasteiger partial charge on any atom is 0.303 e. The standard InChI is InChI=1S/C9H18O2S2/c10-9(11)6-2-1-4-8(13)5-3-7-12/h8,12-13H,1-7H2,(H,10,11). The molecule has 0 saturated heterocycles. The van der Waals surface area contributed by atoms with E-state index in [2.05, 4.69) is 25.3 Å². The number of rotatable bonds is 8. The summed E-state index contributed by atoms with van der Waals surface area (Å²) in [6.07, 6.45) is 5.22. The minimum atomic E-state index is -0.703. The van der Waals surface area contributed by atoms with E-state index in [4.69, 9.17) is 5.11 Å². The third-order valence-corrected chi connectivity index (χ3v) is 2.71. The van der Waals surface area contributed by atoms with E-state index in [1.54, 1.807) is 0 Å². The first-order chi connectivity index (χ1) is 6.16. The molecule has 0 spiro atoms. The van der Waals surface area contributed by atoms with Crippen molar-refractivity contribution in [2.75, 3.05) is 5.75 Å². The molecule has 0 rings (SSSR count). The zero-order chi connectivity index (χ0) is 10.1. The highest BCUT2D eigenvalue weighted by Gasteiger charge is 2.03. The predicted octanol–water partition coefficient (Wildman–Crippen LogP) is 2.64. The van der Waals surface area contributed by atoms with Crippen LogP contribution in [-0.2, 0) is 4.79 Å². The fourth-order valence-corrected chi connectivity index (χ4v) is 1.68. The van der Waals surface area contributed by atoms with Gasteiger partial charge in [0, 0.05) is 11.7 Å². The van der Waals surface area contributed by atoms with E-state index < -0.39 is 5.97 Å². The minimum Gasteiger partial charge on any atom is -0.481 e. The van der Waals surface area contributed by atoms with Crippen LogP contribution in [0.25, 0.3) is 0 Å². The van der Waals surface area contributed by atoms with E-state index in [-0.39, 0.29) is 6.42 Å². The largest absolute Gasteiger partial charge is 0.481 e. The van der Waals surface area contributed by atoms with Crippen LogP contribution in [0, 0.1) is 0 Å². The molecular formula is C9H18O2S2. The molecule has 0 aromatic rings. The highest BCUT2D eigenvalue weighted by molar-refractivity contribution is 7.81. The molecular weight excluding hydrogens is 204 g/mol. The van der Waals surface area contributed by atoms with Crippen molar-refractivity contribution in [2.45, 2.75) is 43.8 Å². The molecule has 1 unspecified atom stereocenters. The summed E-state index contributed by atoms with van der Waals surface area (Å²) in [6.45, 7) is 0. The molecule has 1 N–H and O–H groups in total. The Kier molecular flexibility index (Phi) is 8.87. The Balaban J connectivity index is 3.16. The summed E-state index contributed by atoms with van der Waals surface area (Å²) in [5, 5.41) is 8.81. The number of carbonyl (C=O) groups is 1. The number of carboxylic acids is 1. The Hall–Kier alpha value is 0.170. The van der Waals surface area contributed by atoms with Gasteiger partial charge in [0.15, 0.2) is 0 Å². The summed E-state index contributed by atoms with van der Waals surface area (Å²) in [7, 11) is 0. The van der Waals surface area contributed by atoms with Gasteiger partial charge >= 0.3 is 5.97 Å². The molecule has 0 heterocycles. The van der Waals surface area contributed by atoms with Gasteiger partial charge in [0.1, 0.15) is 0 Å².